The Bertz CT molecular complexity index is 361. The topological polar surface area (TPSA) is 60.2 Å². The summed E-state index contributed by atoms with van der Waals surface area (Å²) in [6, 6.07) is 5.36. The van der Waals surface area contributed by atoms with Crippen molar-refractivity contribution >= 4 is 10.0 Å². The van der Waals surface area contributed by atoms with E-state index in [1.807, 2.05) is 0 Å². The minimum absolute atomic E-state index is 0.336. The maximum absolute atomic E-state index is 12.4. The molecule has 0 spiro atoms. The Kier molecular flexibility index (Phi) is 1.92. The van der Waals surface area contributed by atoms with E-state index in [1.165, 1.54) is 0 Å². The lowest BCUT2D eigenvalue weighted by atomic mass is 10.4. The highest BCUT2D eigenvalue weighted by Gasteiger charge is 2.07. The fourth-order valence-electron chi connectivity index (χ4n) is 0.583. The van der Waals surface area contributed by atoms with Crippen molar-refractivity contribution in [2.45, 2.75) is 4.90 Å². The SMILES string of the molecule is NS(=O)(=O)c1[c]ccc(F)c1. The Labute approximate surface area is 63.7 Å². The van der Waals surface area contributed by atoms with E-state index in [4.69, 9.17) is 5.14 Å². The van der Waals surface area contributed by atoms with E-state index in [0.717, 1.165) is 18.2 Å². The molecule has 0 unspecified atom stereocenters. The Balaban J connectivity index is 3.28. The maximum atomic E-state index is 12.4. The van der Waals surface area contributed by atoms with Gasteiger partial charge >= 0.3 is 0 Å². The monoisotopic (exact) mass is 174 g/mol. The second kappa shape index (κ2) is 2.60. The molecule has 0 saturated heterocycles. The van der Waals surface area contributed by atoms with Gasteiger partial charge in [-0.3, -0.25) is 0 Å². The molecule has 0 heterocycles. The number of nitrogens with two attached hydrogens (primary N) is 1. The number of primary sulfonamides is 1. The van der Waals surface area contributed by atoms with Gasteiger partial charge < -0.3 is 0 Å². The van der Waals surface area contributed by atoms with Crippen molar-refractivity contribution in [3.05, 3.63) is 30.1 Å². The van der Waals surface area contributed by atoms with Crippen molar-refractivity contribution in [3.63, 3.8) is 0 Å². The average molecular weight is 174 g/mol. The second-order valence-corrected chi connectivity index (χ2v) is 3.45. The molecular formula is C6H5FNO2S. The van der Waals surface area contributed by atoms with Gasteiger partial charge in [-0.1, -0.05) is 6.07 Å². The average Bonchev–Trinajstić information content (AvgIpc) is 1.86. The van der Waals surface area contributed by atoms with Crippen LogP contribution in [0, 0.1) is 11.9 Å². The third kappa shape index (κ3) is 1.99. The normalized spacial score (nSPS) is 11.5. The number of hydrogen-bond donors (Lipinski definition) is 1. The van der Waals surface area contributed by atoms with Crippen LogP contribution >= 0.6 is 0 Å². The van der Waals surface area contributed by atoms with Crippen LogP contribution < -0.4 is 5.14 Å². The van der Waals surface area contributed by atoms with Crippen LogP contribution in [-0.4, -0.2) is 8.42 Å². The Hall–Kier alpha value is -0.940. The lowest BCUT2D eigenvalue weighted by Gasteiger charge is -1.94. The minimum atomic E-state index is -3.82. The second-order valence-electron chi connectivity index (χ2n) is 1.92. The fraction of sp³-hybridized carbons (Fsp3) is 0. The lowest BCUT2D eigenvalue weighted by molar-refractivity contribution is 0.592. The summed E-state index contributed by atoms with van der Waals surface area (Å²) < 4.78 is 33.5. The Morgan fingerprint density at radius 2 is 2.18 bits per heavy atom. The molecule has 3 nitrogen and oxygen atoms in total. The highest BCUT2D eigenvalue weighted by molar-refractivity contribution is 7.89. The van der Waals surface area contributed by atoms with Gasteiger partial charge in [0.1, 0.15) is 5.82 Å². The summed E-state index contributed by atoms with van der Waals surface area (Å²) in [6.45, 7) is 0. The molecule has 0 amide bonds. The molecule has 0 aliphatic carbocycles. The van der Waals surface area contributed by atoms with Crippen LogP contribution in [0.1, 0.15) is 0 Å². The molecule has 5 heteroatoms. The third-order valence-corrected chi connectivity index (χ3v) is 1.89. The van der Waals surface area contributed by atoms with Crippen molar-refractivity contribution in [2.24, 2.45) is 5.14 Å². The summed E-state index contributed by atoms with van der Waals surface area (Å²) in [4.78, 5) is -0.336. The van der Waals surface area contributed by atoms with E-state index in [9.17, 15) is 12.8 Å². The standard InChI is InChI=1S/C6H5FNO2S/c7-5-2-1-3-6(4-5)11(8,9)10/h1-2,4H,(H2,8,9,10). The maximum Gasteiger partial charge on any atom is 0.238 e. The zero-order valence-electron chi connectivity index (χ0n) is 5.41. The van der Waals surface area contributed by atoms with Gasteiger partial charge in [-0.25, -0.2) is 17.9 Å². The van der Waals surface area contributed by atoms with Gasteiger partial charge in [0.25, 0.3) is 0 Å². The molecule has 1 rings (SSSR count). The highest BCUT2D eigenvalue weighted by atomic mass is 32.2. The molecule has 0 atom stereocenters. The molecule has 2 N–H and O–H groups in total. The zero-order valence-corrected chi connectivity index (χ0v) is 6.23. The van der Waals surface area contributed by atoms with Crippen molar-refractivity contribution < 1.29 is 12.8 Å². The minimum Gasteiger partial charge on any atom is -0.225 e. The summed E-state index contributed by atoms with van der Waals surface area (Å²) >= 11 is 0. The van der Waals surface area contributed by atoms with Crippen LogP contribution in [0.2, 0.25) is 0 Å². The summed E-state index contributed by atoms with van der Waals surface area (Å²) in [5, 5.41) is 4.70. The van der Waals surface area contributed by atoms with Gasteiger partial charge in [0.2, 0.25) is 10.0 Å². The van der Waals surface area contributed by atoms with Gasteiger partial charge in [-0.05, 0) is 12.1 Å². The lowest BCUT2D eigenvalue weighted by Crippen LogP contribution is -2.12. The molecule has 1 radical (unpaired) electrons. The molecule has 59 valence electrons. The largest absolute Gasteiger partial charge is 0.238 e. The molecule has 0 aromatic heterocycles. The van der Waals surface area contributed by atoms with Crippen LogP contribution in [0.3, 0.4) is 0 Å². The predicted octanol–water partition coefficient (Wildman–Crippen LogP) is 0.273. The van der Waals surface area contributed by atoms with Gasteiger partial charge in [0, 0.05) is 6.07 Å². The van der Waals surface area contributed by atoms with Crippen LogP contribution in [0.4, 0.5) is 4.39 Å². The number of rotatable bonds is 1. The number of sulfonamides is 1. The van der Waals surface area contributed by atoms with Gasteiger partial charge in [-0.15, -0.1) is 0 Å². The van der Waals surface area contributed by atoms with Gasteiger partial charge in [0.15, 0.2) is 0 Å². The van der Waals surface area contributed by atoms with Crippen molar-refractivity contribution in [2.75, 3.05) is 0 Å². The predicted molar refractivity (Wildman–Crippen MR) is 36.6 cm³/mol. The first kappa shape index (κ1) is 8.16. The molecule has 0 aliphatic rings. The summed E-state index contributed by atoms with van der Waals surface area (Å²) in [5.74, 6) is -0.646. The summed E-state index contributed by atoms with van der Waals surface area (Å²) in [7, 11) is -3.82. The van der Waals surface area contributed by atoms with Crippen molar-refractivity contribution in [3.8, 4) is 0 Å². The van der Waals surface area contributed by atoms with Crippen LogP contribution in [0.5, 0.6) is 0 Å². The zero-order chi connectivity index (χ0) is 8.48. The quantitative estimate of drug-likeness (QED) is 0.664. The molecule has 11 heavy (non-hydrogen) atoms. The van der Waals surface area contributed by atoms with Crippen LogP contribution in [0.15, 0.2) is 23.1 Å². The van der Waals surface area contributed by atoms with E-state index in [-0.39, 0.29) is 4.90 Å². The first-order valence-corrected chi connectivity index (χ1v) is 4.25. The molecular weight excluding hydrogens is 169 g/mol. The van der Waals surface area contributed by atoms with Gasteiger partial charge in [0.05, 0.1) is 4.90 Å². The van der Waals surface area contributed by atoms with E-state index in [2.05, 4.69) is 6.07 Å². The first-order valence-electron chi connectivity index (χ1n) is 2.70. The van der Waals surface area contributed by atoms with E-state index in [0.29, 0.717) is 0 Å². The third-order valence-electron chi connectivity index (χ3n) is 1.04. The van der Waals surface area contributed by atoms with E-state index >= 15 is 0 Å². The molecule has 0 fully saturated rings. The number of benzene rings is 1. The summed E-state index contributed by atoms with van der Waals surface area (Å²) in [5.41, 5.74) is 0. The smallest absolute Gasteiger partial charge is 0.225 e. The molecule has 1 aromatic carbocycles. The van der Waals surface area contributed by atoms with Crippen molar-refractivity contribution in [1.82, 2.24) is 0 Å². The number of hydrogen-bond acceptors (Lipinski definition) is 2. The van der Waals surface area contributed by atoms with Crippen molar-refractivity contribution in [1.29, 1.82) is 0 Å². The summed E-state index contributed by atoms with van der Waals surface area (Å²) in [6.07, 6.45) is 0. The molecule has 0 saturated carbocycles. The molecule has 0 bridgehead atoms. The van der Waals surface area contributed by atoms with E-state index in [1.54, 1.807) is 0 Å². The van der Waals surface area contributed by atoms with Crippen LogP contribution in [-0.2, 0) is 10.0 Å². The van der Waals surface area contributed by atoms with E-state index < -0.39 is 15.8 Å². The van der Waals surface area contributed by atoms with Gasteiger partial charge in [-0.2, -0.15) is 0 Å². The number of halogens is 1. The molecule has 0 aliphatic heterocycles. The Morgan fingerprint density at radius 1 is 1.55 bits per heavy atom. The first-order chi connectivity index (χ1) is 5.00. The highest BCUT2D eigenvalue weighted by Crippen LogP contribution is 2.06. The molecule has 1 aromatic rings. The Morgan fingerprint density at radius 3 is 2.55 bits per heavy atom. The van der Waals surface area contributed by atoms with Crippen LogP contribution in [0.25, 0.3) is 0 Å². The fourth-order valence-corrected chi connectivity index (χ4v) is 1.09.